The molecule has 1 unspecified atom stereocenters. The highest BCUT2D eigenvalue weighted by Crippen LogP contribution is 2.21. The van der Waals surface area contributed by atoms with Crippen molar-refractivity contribution in [2.24, 2.45) is 0 Å². The van der Waals surface area contributed by atoms with Gasteiger partial charge < -0.3 is 10.1 Å². The van der Waals surface area contributed by atoms with Crippen molar-refractivity contribution in [3.8, 4) is 5.75 Å². The number of anilines is 1. The van der Waals surface area contributed by atoms with Crippen LogP contribution in [0.2, 0.25) is 0 Å². The van der Waals surface area contributed by atoms with Crippen LogP contribution in [0.4, 0.5) is 5.69 Å². The Labute approximate surface area is 128 Å². The first-order valence-corrected chi connectivity index (χ1v) is 7.40. The van der Waals surface area contributed by atoms with Crippen LogP contribution in [-0.4, -0.2) is 18.1 Å². The van der Waals surface area contributed by atoms with E-state index in [1.165, 1.54) is 5.56 Å². The number of aromatic nitrogens is 1. The molecule has 0 saturated heterocycles. The second-order valence-electron chi connectivity index (χ2n) is 4.89. The number of methoxy groups -OCH3 is 1. The molecule has 4 heteroatoms. The number of pyridine rings is 1. The van der Waals surface area contributed by atoms with Crippen LogP contribution < -0.4 is 10.1 Å². The summed E-state index contributed by atoms with van der Waals surface area (Å²) in [7, 11) is 1.71. The molecule has 1 aromatic heterocycles. The molecule has 1 atom stereocenters. The van der Waals surface area contributed by atoms with E-state index in [1.54, 1.807) is 7.11 Å². The lowest BCUT2D eigenvalue weighted by Gasteiger charge is -2.17. The molecule has 1 N–H and O–H groups in total. The summed E-state index contributed by atoms with van der Waals surface area (Å²) in [5.74, 6) is 0.936. The number of nitrogens with zero attached hydrogens (tertiary/aromatic N) is 1. The number of hydrogen-bond donors (Lipinski definition) is 1. The molecule has 0 amide bonds. The lowest BCUT2D eigenvalue weighted by atomic mass is 10.1. The minimum atomic E-state index is 0.300. The van der Waals surface area contributed by atoms with E-state index in [0.29, 0.717) is 6.04 Å². The molecule has 0 aliphatic heterocycles. The quantitative estimate of drug-likeness (QED) is 0.832. The van der Waals surface area contributed by atoms with E-state index >= 15 is 0 Å². The number of benzene rings is 1. The fourth-order valence-corrected chi connectivity index (χ4v) is 2.39. The van der Waals surface area contributed by atoms with E-state index < -0.39 is 0 Å². The molecule has 0 aliphatic rings. The van der Waals surface area contributed by atoms with Gasteiger partial charge in [0.05, 0.1) is 19.0 Å². The highest BCUT2D eigenvalue weighted by atomic mass is 79.9. The summed E-state index contributed by atoms with van der Waals surface area (Å²) in [5.41, 5.74) is 3.37. The maximum Gasteiger partial charge on any atom is 0.122 e. The highest BCUT2D eigenvalue weighted by molar-refractivity contribution is 9.10. The van der Waals surface area contributed by atoms with Crippen molar-refractivity contribution < 1.29 is 4.74 Å². The molecular formula is C16H19BrN2O. The predicted octanol–water partition coefficient (Wildman–Crippen LogP) is 4.20. The average Bonchev–Trinajstić information content (AvgIpc) is 2.43. The summed E-state index contributed by atoms with van der Waals surface area (Å²) in [6.07, 6.45) is 2.74. The third kappa shape index (κ3) is 3.73. The number of ether oxygens (including phenoxy) is 1. The zero-order valence-corrected chi connectivity index (χ0v) is 13.6. The number of halogens is 1. The minimum absolute atomic E-state index is 0.300. The van der Waals surface area contributed by atoms with Crippen molar-refractivity contribution in [2.75, 3.05) is 12.4 Å². The number of nitrogens with one attached hydrogen (secondary N) is 1. The second kappa shape index (κ2) is 6.75. The minimum Gasteiger partial charge on any atom is -0.496 e. The van der Waals surface area contributed by atoms with Crippen LogP contribution in [0.3, 0.4) is 0 Å². The van der Waals surface area contributed by atoms with Gasteiger partial charge in [-0.25, -0.2) is 4.98 Å². The Morgan fingerprint density at radius 1 is 1.35 bits per heavy atom. The standard InChI is InChI=1S/C16H19BrN2O/c1-11-8-14(10-18-16(11)17)19-12(2)9-13-6-4-5-7-15(13)20-3/h4-8,10,12,19H,9H2,1-3H3. The van der Waals surface area contributed by atoms with Gasteiger partial charge in [0.1, 0.15) is 10.4 Å². The third-order valence-corrected chi connectivity index (χ3v) is 3.98. The van der Waals surface area contributed by atoms with Crippen LogP contribution in [0.5, 0.6) is 5.75 Å². The van der Waals surface area contributed by atoms with Crippen LogP contribution in [0.15, 0.2) is 41.1 Å². The topological polar surface area (TPSA) is 34.1 Å². The van der Waals surface area contributed by atoms with Gasteiger partial charge >= 0.3 is 0 Å². The zero-order valence-electron chi connectivity index (χ0n) is 12.0. The maximum atomic E-state index is 5.38. The molecule has 0 aliphatic carbocycles. The first-order chi connectivity index (χ1) is 9.60. The lowest BCUT2D eigenvalue weighted by Crippen LogP contribution is -2.18. The van der Waals surface area contributed by atoms with Gasteiger partial charge in [0.15, 0.2) is 0 Å². The van der Waals surface area contributed by atoms with Crippen LogP contribution in [0.25, 0.3) is 0 Å². The van der Waals surface area contributed by atoms with Gasteiger partial charge in [0.25, 0.3) is 0 Å². The van der Waals surface area contributed by atoms with Gasteiger partial charge in [-0.2, -0.15) is 0 Å². The lowest BCUT2D eigenvalue weighted by molar-refractivity contribution is 0.409. The summed E-state index contributed by atoms with van der Waals surface area (Å²) >= 11 is 3.41. The van der Waals surface area contributed by atoms with E-state index in [1.807, 2.05) is 31.3 Å². The Balaban J connectivity index is 2.05. The van der Waals surface area contributed by atoms with E-state index in [2.05, 4.69) is 45.3 Å². The van der Waals surface area contributed by atoms with Crippen molar-refractivity contribution >= 4 is 21.6 Å². The van der Waals surface area contributed by atoms with Gasteiger partial charge in [-0.15, -0.1) is 0 Å². The van der Waals surface area contributed by atoms with E-state index in [9.17, 15) is 0 Å². The van der Waals surface area contributed by atoms with Gasteiger partial charge in [-0.3, -0.25) is 0 Å². The molecule has 0 fully saturated rings. The van der Waals surface area contributed by atoms with Crippen LogP contribution in [0, 0.1) is 6.92 Å². The summed E-state index contributed by atoms with van der Waals surface area (Å²) < 4.78 is 6.27. The monoisotopic (exact) mass is 334 g/mol. The Hall–Kier alpha value is -1.55. The molecule has 0 spiro atoms. The molecule has 0 radical (unpaired) electrons. The Kier molecular flexibility index (Phi) is 5.01. The highest BCUT2D eigenvalue weighted by Gasteiger charge is 2.08. The van der Waals surface area contributed by atoms with Crippen LogP contribution >= 0.6 is 15.9 Å². The predicted molar refractivity (Wildman–Crippen MR) is 86.5 cm³/mol. The van der Waals surface area contributed by atoms with Gasteiger partial charge in [0.2, 0.25) is 0 Å². The van der Waals surface area contributed by atoms with Crippen molar-refractivity contribution in [2.45, 2.75) is 26.3 Å². The van der Waals surface area contributed by atoms with Gasteiger partial charge in [-0.05, 0) is 59.5 Å². The van der Waals surface area contributed by atoms with E-state index in [-0.39, 0.29) is 0 Å². The molecule has 20 heavy (non-hydrogen) atoms. The molecular weight excluding hydrogens is 316 g/mol. The fourth-order valence-electron chi connectivity index (χ4n) is 2.17. The molecule has 0 saturated carbocycles. The largest absolute Gasteiger partial charge is 0.496 e. The second-order valence-corrected chi connectivity index (χ2v) is 5.64. The van der Waals surface area contributed by atoms with Gasteiger partial charge in [-0.1, -0.05) is 18.2 Å². The molecule has 106 valence electrons. The van der Waals surface area contributed by atoms with Crippen molar-refractivity contribution in [1.29, 1.82) is 0 Å². The molecule has 0 bridgehead atoms. The van der Waals surface area contributed by atoms with E-state index in [4.69, 9.17) is 4.74 Å². The number of para-hydroxylation sites is 1. The molecule has 1 heterocycles. The summed E-state index contributed by atoms with van der Waals surface area (Å²) in [4.78, 5) is 4.30. The Morgan fingerprint density at radius 3 is 2.80 bits per heavy atom. The summed E-state index contributed by atoms with van der Waals surface area (Å²) in [6.45, 7) is 4.19. The number of aryl methyl sites for hydroxylation is 1. The van der Waals surface area contributed by atoms with Crippen molar-refractivity contribution in [3.63, 3.8) is 0 Å². The zero-order chi connectivity index (χ0) is 14.5. The molecule has 2 aromatic rings. The van der Waals surface area contributed by atoms with Crippen molar-refractivity contribution in [1.82, 2.24) is 4.98 Å². The van der Waals surface area contributed by atoms with Crippen LogP contribution in [-0.2, 0) is 6.42 Å². The summed E-state index contributed by atoms with van der Waals surface area (Å²) in [5, 5.41) is 3.47. The SMILES string of the molecule is COc1ccccc1CC(C)Nc1cnc(Br)c(C)c1. The van der Waals surface area contributed by atoms with Gasteiger partial charge in [0, 0.05) is 6.04 Å². The maximum absolute atomic E-state index is 5.38. The average molecular weight is 335 g/mol. The van der Waals surface area contributed by atoms with Crippen molar-refractivity contribution in [3.05, 3.63) is 52.3 Å². The fraction of sp³-hybridized carbons (Fsp3) is 0.312. The number of hydrogen-bond acceptors (Lipinski definition) is 3. The Morgan fingerprint density at radius 2 is 2.10 bits per heavy atom. The normalized spacial score (nSPS) is 12.0. The summed E-state index contributed by atoms with van der Waals surface area (Å²) in [6, 6.07) is 10.5. The molecule has 1 aromatic carbocycles. The van der Waals surface area contributed by atoms with E-state index in [0.717, 1.165) is 28.0 Å². The smallest absolute Gasteiger partial charge is 0.122 e. The van der Waals surface area contributed by atoms with Crippen LogP contribution in [0.1, 0.15) is 18.1 Å². The molecule has 3 nitrogen and oxygen atoms in total. The molecule has 2 rings (SSSR count). The third-order valence-electron chi connectivity index (χ3n) is 3.15. The Bertz CT molecular complexity index is 586. The first-order valence-electron chi connectivity index (χ1n) is 6.60. The number of rotatable bonds is 5. The first kappa shape index (κ1) is 14.9.